The molecule has 11 nitrogen and oxygen atoms in total. The van der Waals surface area contributed by atoms with Gasteiger partial charge in [-0.1, -0.05) is 18.2 Å². The van der Waals surface area contributed by atoms with E-state index in [-0.39, 0.29) is 16.9 Å². The van der Waals surface area contributed by atoms with Crippen molar-refractivity contribution in [1.29, 1.82) is 0 Å². The monoisotopic (exact) mass is 419 g/mol. The number of hydrogen-bond donors (Lipinski definition) is 1. The number of tetrazole rings is 1. The van der Waals surface area contributed by atoms with Crippen molar-refractivity contribution in [3.05, 3.63) is 98.6 Å². The van der Waals surface area contributed by atoms with Crippen LogP contribution in [0.2, 0.25) is 0 Å². The van der Waals surface area contributed by atoms with Crippen molar-refractivity contribution in [2.75, 3.05) is 0 Å². The topological polar surface area (TPSA) is 141 Å². The third kappa shape index (κ3) is 3.84. The summed E-state index contributed by atoms with van der Waals surface area (Å²) in [6, 6.07) is 18.9. The van der Waals surface area contributed by atoms with Gasteiger partial charge in [0.05, 0.1) is 27.1 Å². The van der Waals surface area contributed by atoms with E-state index >= 15 is 0 Å². The molecule has 0 bridgehead atoms. The number of aromatic nitrogens is 4. The van der Waals surface area contributed by atoms with Gasteiger partial charge in [-0.15, -0.1) is 0 Å². The number of aliphatic hydroxyl groups excluding tert-OH is 1. The maximum Gasteiger partial charge on any atom is 0.340 e. The highest BCUT2D eigenvalue weighted by atomic mass is 16.6. The molecule has 0 saturated carbocycles. The third-order valence-electron chi connectivity index (χ3n) is 4.54. The minimum atomic E-state index is -0.552. The van der Waals surface area contributed by atoms with Crippen LogP contribution in [0.15, 0.2) is 72.8 Å². The van der Waals surface area contributed by atoms with Gasteiger partial charge in [0.25, 0.3) is 11.4 Å². The molecule has 1 heterocycles. The van der Waals surface area contributed by atoms with Gasteiger partial charge >= 0.3 is 5.82 Å². The Morgan fingerprint density at radius 1 is 0.903 bits per heavy atom. The lowest BCUT2D eigenvalue weighted by atomic mass is 10.1. The van der Waals surface area contributed by atoms with Gasteiger partial charge in [0.2, 0.25) is 0 Å². The second-order valence-electron chi connectivity index (χ2n) is 6.47. The molecule has 1 aromatic heterocycles. The van der Waals surface area contributed by atoms with Gasteiger partial charge in [-0.2, -0.15) is 0 Å². The highest BCUT2D eigenvalue weighted by Crippen LogP contribution is 2.21. The van der Waals surface area contributed by atoms with Crippen molar-refractivity contribution in [2.45, 2.75) is 6.61 Å². The minimum Gasteiger partial charge on any atom is -0.392 e. The molecule has 3 aromatic carbocycles. The molecular weight excluding hydrogens is 404 g/mol. The lowest BCUT2D eigenvalue weighted by molar-refractivity contribution is -0.735. The molecule has 31 heavy (non-hydrogen) atoms. The van der Waals surface area contributed by atoms with E-state index in [1.165, 1.54) is 52.1 Å². The van der Waals surface area contributed by atoms with Gasteiger partial charge in [0.15, 0.2) is 5.69 Å². The van der Waals surface area contributed by atoms with E-state index in [9.17, 15) is 25.3 Å². The van der Waals surface area contributed by atoms with Crippen LogP contribution in [-0.2, 0) is 6.61 Å². The highest BCUT2D eigenvalue weighted by molar-refractivity contribution is 5.53. The molecule has 11 heteroatoms. The minimum absolute atomic E-state index is 0.0786. The first-order chi connectivity index (χ1) is 15.0. The number of aliphatic hydroxyl groups is 1. The quantitative estimate of drug-likeness (QED) is 0.287. The van der Waals surface area contributed by atoms with Crippen molar-refractivity contribution in [2.24, 2.45) is 0 Å². The SMILES string of the molecule is O=[N+]([O-])c1ccc(-n2nc(-c3ccccc3)n[n+]2-c2ccc([N+](=O)[O-])cc2CO)cc1. The fraction of sp³-hybridized carbons (Fsp3) is 0.0500. The Bertz CT molecular complexity index is 1270. The number of rotatable bonds is 6. The molecule has 154 valence electrons. The highest BCUT2D eigenvalue weighted by Gasteiger charge is 2.26. The molecule has 0 amide bonds. The fourth-order valence-corrected chi connectivity index (χ4v) is 3.02. The second-order valence-corrected chi connectivity index (χ2v) is 6.47. The maximum absolute atomic E-state index is 11.1. The summed E-state index contributed by atoms with van der Waals surface area (Å²) in [6.45, 7) is -0.461. The van der Waals surface area contributed by atoms with Crippen molar-refractivity contribution >= 4 is 11.4 Å². The van der Waals surface area contributed by atoms with Crippen molar-refractivity contribution in [3.63, 3.8) is 0 Å². The molecule has 0 unspecified atom stereocenters. The predicted octanol–water partition coefficient (Wildman–Crippen LogP) is 2.52. The molecule has 0 saturated heterocycles. The van der Waals surface area contributed by atoms with Gasteiger partial charge in [-0.25, -0.2) is 0 Å². The van der Waals surface area contributed by atoms with Gasteiger partial charge < -0.3 is 5.11 Å². The first-order valence-corrected chi connectivity index (χ1v) is 9.06. The molecule has 1 N–H and O–H groups in total. The van der Waals surface area contributed by atoms with Gasteiger partial charge in [-0.05, 0) is 40.2 Å². The molecule has 0 fully saturated rings. The van der Waals surface area contributed by atoms with E-state index in [0.29, 0.717) is 17.2 Å². The van der Waals surface area contributed by atoms with Crippen molar-refractivity contribution < 1.29 is 19.7 Å². The first-order valence-electron chi connectivity index (χ1n) is 9.06. The molecule has 4 aromatic rings. The number of nitrogens with zero attached hydrogens (tertiary/aromatic N) is 6. The lowest BCUT2D eigenvalue weighted by Crippen LogP contribution is -2.44. The number of nitro groups is 2. The molecule has 0 radical (unpaired) electrons. The number of benzene rings is 3. The van der Waals surface area contributed by atoms with Crippen LogP contribution in [0.3, 0.4) is 0 Å². The zero-order valence-electron chi connectivity index (χ0n) is 15.9. The van der Waals surface area contributed by atoms with Crippen LogP contribution in [-0.4, -0.2) is 29.9 Å². The Hall–Kier alpha value is -4.51. The Morgan fingerprint density at radius 2 is 1.55 bits per heavy atom. The van der Waals surface area contributed by atoms with Crippen LogP contribution in [0.4, 0.5) is 11.4 Å². The van der Waals surface area contributed by atoms with E-state index in [4.69, 9.17) is 0 Å². The Labute approximate surface area is 174 Å². The van der Waals surface area contributed by atoms with E-state index in [0.717, 1.165) is 5.56 Å². The number of hydrogen-bond acceptors (Lipinski definition) is 7. The number of non-ortho nitro benzene ring substituents is 2. The largest absolute Gasteiger partial charge is 0.392 e. The molecular formula is C20H15N6O5+. The lowest BCUT2D eigenvalue weighted by Gasteiger charge is -2.04. The zero-order valence-corrected chi connectivity index (χ0v) is 15.9. The Morgan fingerprint density at radius 3 is 2.16 bits per heavy atom. The van der Waals surface area contributed by atoms with Crippen LogP contribution < -0.4 is 4.80 Å². The summed E-state index contributed by atoms with van der Waals surface area (Å²) in [7, 11) is 0. The molecule has 0 aliphatic rings. The fourth-order valence-electron chi connectivity index (χ4n) is 3.02. The van der Waals surface area contributed by atoms with Gasteiger partial charge in [0.1, 0.15) is 5.69 Å². The van der Waals surface area contributed by atoms with Crippen LogP contribution in [0.5, 0.6) is 0 Å². The molecule has 0 atom stereocenters. The second kappa shape index (κ2) is 8.08. The maximum atomic E-state index is 11.1. The van der Waals surface area contributed by atoms with Gasteiger partial charge in [-0.3, -0.25) is 20.2 Å². The van der Waals surface area contributed by atoms with Crippen molar-refractivity contribution in [3.8, 4) is 22.8 Å². The van der Waals surface area contributed by atoms with Crippen LogP contribution in [0, 0.1) is 20.2 Å². The Kier molecular flexibility index (Phi) is 5.16. The smallest absolute Gasteiger partial charge is 0.340 e. The standard InChI is InChI=1S/C20H15N6O5/c27-13-15-12-18(26(30)31)10-11-19(15)24-22-20(14-4-2-1-3-5-14)21-23(24)16-6-8-17(9-7-16)25(28)29/h1-12,27H,13H2/q+1. The average molecular weight is 419 g/mol. The van der Waals surface area contributed by atoms with E-state index < -0.39 is 16.5 Å². The molecule has 0 spiro atoms. The summed E-state index contributed by atoms with van der Waals surface area (Å²) in [5, 5.41) is 40.9. The predicted molar refractivity (Wildman–Crippen MR) is 108 cm³/mol. The summed E-state index contributed by atoms with van der Waals surface area (Å²) < 4.78 is 0. The summed E-state index contributed by atoms with van der Waals surface area (Å²) in [5.74, 6) is 0.362. The molecule has 0 aliphatic heterocycles. The summed E-state index contributed by atoms with van der Waals surface area (Å²) >= 11 is 0. The third-order valence-corrected chi connectivity index (χ3v) is 4.54. The van der Waals surface area contributed by atoms with Crippen LogP contribution in [0.1, 0.15) is 5.56 Å². The number of nitro benzene ring substituents is 2. The zero-order chi connectivity index (χ0) is 22.0. The molecule has 4 rings (SSSR count). The van der Waals surface area contributed by atoms with E-state index in [1.807, 2.05) is 30.3 Å². The van der Waals surface area contributed by atoms with E-state index in [1.54, 1.807) is 0 Å². The van der Waals surface area contributed by atoms with Crippen molar-refractivity contribution in [1.82, 2.24) is 15.0 Å². The summed E-state index contributed by atoms with van der Waals surface area (Å²) in [4.78, 5) is 23.8. The normalized spacial score (nSPS) is 10.7. The van der Waals surface area contributed by atoms with Crippen LogP contribution >= 0.6 is 0 Å². The van der Waals surface area contributed by atoms with Crippen LogP contribution in [0.25, 0.3) is 22.8 Å². The first kappa shape index (κ1) is 19.8. The van der Waals surface area contributed by atoms with E-state index in [2.05, 4.69) is 10.2 Å². The Balaban J connectivity index is 1.91. The molecule has 0 aliphatic carbocycles. The summed E-state index contributed by atoms with van der Waals surface area (Å²) in [6.07, 6.45) is 0. The average Bonchev–Trinajstić information content (AvgIpc) is 3.24. The van der Waals surface area contributed by atoms with Gasteiger partial charge in [0, 0.05) is 34.6 Å². The summed E-state index contributed by atoms with van der Waals surface area (Å²) in [5.41, 5.74) is 1.60.